The van der Waals surface area contributed by atoms with Crippen molar-refractivity contribution in [1.29, 1.82) is 0 Å². The lowest BCUT2D eigenvalue weighted by Gasteiger charge is -2.15. The van der Waals surface area contributed by atoms with E-state index >= 15 is 0 Å². The lowest BCUT2D eigenvalue weighted by molar-refractivity contribution is 0.429. The lowest BCUT2D eigenvalue weighted by atomic mass is 10.6. The minimum Gasteiger partial charge on any atom is -0.291 e. The Kier molecular flexibility index (Phi) is 1.81. The molecule has 1 rings (SSSR count). The van der Waals surface area contributed by atoms with Crippen LogP contribution in [0.25, 0.3) is 0 Å². The predicted octanol–water partition coefficient (Wildman–Crippen LogP) is 0.152. The number of rotatable bonds is 0. The average molecular weight is 131 g/mol. The van der Waals surface area contributed by atoms with Gasteiger partial charge in [0.1, 0.15) is 0 Å². The van der Waals surface area contributed by atoms with Gasteiger partial charge in [0.15, 0.2) is 0 Å². The van der Waals surface area contributed by atoms with E-state index in [1.165, 1.54) is 0 Å². The summed E-state index contributed by atoms with van der Waals surface area (Å²) in [5.74, 6) is 0.691. The molecule has 0 fully saturated rings. The number of hydrogen-bond acceptors (Lipinski definition) is 2. The molecule has 0 saturated heterocycles. The highest BCUT2D eigenvalue weighted by Crippen LogP contribution is 1.96. The molecule has 8 heavy (non-hydrogen) atoms. The van der Waals surface area contributed by atoms with Crippen molar-refractivity contribution in [2.24, 2.45) is 0 Å². The molecule has 0 aromatic carbocycles. The van der Waals surface area contributed by atoms with E-state index in [2.05, 4.69) is 0 Å². The molecule has 0 spiro atoms. The molecular formula is C5H9NOS. The van der Waals surface area contributed by atoms with Crippen LogP contribution in [0.4, 0.5) is 0 Å². The number of hydrogen-bond donors (Lipinski definition) is 0. The molecule has 0 aliphatic carbocycles. The molecule has 1 atom stereocenters. The summed E-state index contributed by atoms with van der Waals surface area (Å²) in [4.78, 5) is 2.02. The Balaban J connectivity index is 2.54. The van der Waals surface area contributed by atoms with Crippen molar-refractivity contribution in [2.45, 2.75) is 0 Å². The largest absolute Gasteiger partial charge is 0.291 e. The molecule has 1 heterocycles. The molecule has 0 bridgehead atoms. The summed E-state index contributed by atoms with van der Waals surface area (Å²) in [7, 11) is 1.23. The van der Waals surface area contributed by atoms with Gasteiger partial charge in [0.2, 0.25) is 0 Å². The Morgan fingerprint density at radius 3 is 2.88 bits per heavy atom. The summed E-state index contributed by atoms with van der Waals surface area (Å²) in [6.07, 6.45) is 1.93. The van der Waals surface area contributed by atoms with Crippen LogP contribution in [-0.4, -0.2) is 28.6 Å². The maximum Gasteiger partial charge on any atom is 0.0789 e. The van der Waals surface area contributed by atoms with E-state index < -0.39 is 10.8 Å². The van der Waals surface area contributed by atoms with Crippen LogP contribution < -0.4 is 0 Å². The molecule has 46 valence electrons. The maximum absolute atomic E-state index is 10.7. The van der Waals surface area contributed by atoms with Gasteiger partial charge in [-0.15, -0.1) is 0 Å². The molecule has 1 unspecified atom stereocenters. The van der Waals surface area contributed by atoms with Crippen LogP contribution in [0, 0.1) is 0 Å². The van der Waals surface area contributed by atoms with Gasteiger partial charge >= 0.3 is 0 Å². The Bertz CT molecular complexity index is 132. The summed E-state index contributed by atoms with van der Waals surface area (Å²) in [5.41, 5.74) is 0. The summed E-state index contributed by atoms with van der Waals surface area (Å²) in [6, 6.07) is 0. The third-order valence-corrected chi connectivity index (χ3v) is 2.20. The first-order valence-corrected chi connectivity index (χ1v) is 3.89. The zero-order chi connectivity index (χ0) is 5.98. The lowest BCUT2D eigenvalue weighted by Crippen LogP contribution is -2.25. The van der Waals surface area contributed by atoms with Gasteiger partial charge in [0.05, 0.1) is 16.7 Å². The number of likely N-dealkylation sites (N-methyl/N-ethyl adjacent to an activating group) is 1. The molecule has 1 aliphatic heterocycles. The van der Waals surface area contributed by atoms with E-state index in [0.29, 0.717) is 5.88 Å². The Morgan fingerprint density at radius 1 is 1.75 bits per heavy atom. The highest BCUT2D eigenvalue weighted by molar-refractivity contribution is 7.87. The van der Waals surface area contributed by atoms with Crippen LogP contribution in [0.15, 0.2) is 11.5 Å². The van der Waals surface area contributed by atoms with Crippen molar-refractivity contribution in [3.63, 3.8) is 0 Å². The fourth-order valence-corrected chi connectivity index (χ4v) is 1.57. The second-order valence-corrected chi connectivity index (χ2v) is 3.21. The van der Waals surface area contributed by atoms with E-state index in [1.807, 2.05) is 18.0 Å². The summed E-state index contributed by atoms with van der Waals surface area (Å²) in [5, 5.41) is 1.75. The molecule has 3 heteroatoms. The first kappa shape index (κ1) is 5.98. The zero-order valence-electron chi connectivity index (χ0n) is 4.83. The van der Waals surface area contributed by atoms with Crippen molar-refractivity contribution in [3.05, 3.63) is 11.5 Å². The molecule has 0 amide bonds. The summed E-state index contributed by atoms with van der Waals surface area (Å²) >= 11 is 0. The molecule has 2 nitrogen and oxygen atoms in total. The molecule has 1 aliphatic rings. The van der Waals surface area contributed by atoms with E-state index in [1.54, 1.807) is 5.41 Å². The Labute approximate surface area is 51.6 Å². The molecule has 0 radical (unpaired) electrons. The van der Waals surface area contributed by atoms with Gasteiger partial charge in [-0.3, -0.25) is 9.11 Å². The van der Waals surface area contributed by atoms with Crippen LogP contribution in [0.3, 0.4) is 0 Å². The smallest absolute Gasteiger partial charge is 0.0789 e. The van der Waals surface area contributed by atoms with Gasteiger partial charge in [-0.05, 0) is 7.05 Å². The summed E-state index contributed by atoms with van der Waals surface area (Å²) < 4.78 is 10.7. The minimum atomic E-state index is -0.725. The van der Waals surface area contributed by atoms with Gasteiger partial charge in [0, 0.05) is 12.0 Å². The van der Waals surface area contributed by atoms with Crippen molar-refractivity contribution >= 4 is 10.8 Å². The summed E-state index contributed by atoms with van der Waals surface area (Å²) in [6.45, 7) is 0.936. The average Bonchev–Trinajstić information content (AvgIpc) is 1.64. The Hall–Kier alpha value is -0.150. The van der Waals surface area contributed by atoms with E-state index in [4.69, 9.17) is 0 Å². The van der Waals surface area contributed by atoms with Gasteiger partial charge in [-0.2, -0.15) is 0 Å². The highest BCUT2D eigenvalue weighted by Gasteiger charge is 2.03. The van der Waals surface area contributed by atoms with Crippen LogP contribution in [0.1, 0.15) is 0 Å². The van der Waals surface area contributed by atoms with Crippen molar-refractivity contribution in [1.82, 2.24) is 4.90 Å². The van der Waals surface area contributed by atoms with Gasteiger partial charge in [-0.1, -0.05) is 6.08 Å². The van der Waals surface area contributed by atoms with Crippen LogP contribution in [0.2, 0.25) is 0 Å². The first-order valence-electron chi connectivity index (χ1n) is 2.51. The van der Waals surface area contributed by atoms with Gasteiger partial charge in [0.25, 0.3) is 0 Å². The topological polar surface area (TPSA) is 20.3 Å². The minimum absolute atomic E-state index is 0.691. The zero-order valence-corrected chi connectivity index (χ0v) is 5.65. The van der Waals surface area contributed by atoms with Crippen molar-refractivity contribution in [3.8, 4) is 0 Å². The molecular weight excluding hydrogens is 122 g/mol. The van der Waals surface area contributed by atoms with Gasteiger partial charge in [-0.25, -0.2) is 0 Å². The second kappa shape index (κ2) is 2.42. The van der Waals surface area contributed by atoms with Crippen LogP contribution in [0.5, 0.6) is 0 Å². The molecule has 0 aromatic rings. The fraction of sp³-hybridized carbons (Fsp3) is 0.600. The van der Waals surface area contributed by atoms with Crippen molar-refractivity contribution in [2.75, 3.05) is 19.5 Å². The normalized spacial score (nSPS) is 30.9. The van der Waals surface area contributed by atoms with Crippen molar-refractivity contribution < 1.29 is 4.21 Å². The van der Waals surface area contributed by atoms with E-state index in [-0.39, 0.29) is 0 Å². The highest BCUT2D eigenvalue weighted by atomic mass is 32.2. The van der Waals surface area contributed by atoms with Gasteiger partial charge < -0.3 is 0 Å². The molecule has 0 aromatic heterocycles. The number of nitrogens with zero attached hydrogens (tertiary/aromatic N) is 1. The third kappa shape index (κ3) is 1.42. The monoisotopic (exact) mass is 131 g/mol. The predicted molar refractivity (Wildman–Crippen MR) is 34.8 cm³/mol. The second-order valence-electron chi connectivity index (χ2n) is 1.92. The standard InChI is InChI=1S/C5H9NOS/c1-6-3-2-4-8(7)5-6/h2,4H,3,5H2,1H3. The van der Waals surface area contributed by atoms with Crippen LogP contribution in [-0.2, 0) is 10.8 Å². The maximum atomic E-state index is 10.7. The molecule has 0 saturated carbocycles. The first-order chi connectivity index (χ1) is 3.79. The molecule has 0 N–H and O–H groups in total. The SMILES string of the molecule is CN1CC=CS(=O)C1. The third-order valence-electron chi connectivity index (χ3n) is 1.01. The fourth-order valence-electron chi connectivity index (χ4n) is 0.643. The van der Waals surface area contributed by atoms with E-state index in [0.717, 1.165) is 6.54 Å². The van der Waals surface area contributed by atoms with E-state index in [9.17, 15) is 4.21 Å². The quantitative estimate of drug-likeness (QED) is 0.466. The Morgan fingerprint density at radius 2 is 2.50 bits per heavy atom. The van der Waals surface area contributed by atoms with Crippen LogP contribution >= 0.6 is 0 Å².